The van der Waals surface area contributed by atoms with E-state index in [0.29, 0.717) is 6.54 Å². The van der Waals surface area contributed by atoms with Gasteiger partial charge in [0.15, 0.2) is 0 Å². The van der Waals surface area contributed by atoms with E-state index < -0.39 is 18.4 Å². The molecule has 0 radical (unpaired) electrons. The van der Waals surface area contributed by atoms with Crippen molar-refractivity contribution in [3.63, 3.8) is 0 Å². The number of amides is 1. The molecule has 1 aromatic rings. The number of esters is 1. The maximum Gasteiger partial charge on any atom is 0.410 e. The Morgan fingerprint density at radius 3 is 2.44 bits per heavy atom. The first-order valence-electron chi connectivity index (χ1n) is 9.00. The summed E-state index contributed by atoms with van der Waals surface area (Å²) in [4.78, 5) is 23.4. The summed E-state index contributed by atoms with van der Waals surface area (Å²) in [5, 5.41) is 6.00. The molecule has 1 amide bonds. The molecule has 0 fully saturated rings. The molecule has 1 aromatic carbocycles. The lowest BCUT2D eigenvalue weighted by atomic mass is 10.2. The molecule has 140 valence electrons. The number of carbonyl (C=O) groups excluding carboxylic acids is 2. The second-order valence-electron chi connectivity index (χ2n) is 5.86. The Balaban J connectivity index is 2.06. The fraction of sp³-hybridized carbons (Fsp3) is 0.579. The van der Waals surface area contributed by atoms with Gasteiger partial charge in [-0.25, -0.2) is 4.79 Å². The molecule has 0 aliphatic carbocycles. The van der Waals surface area contributed by atoms with Crippen molar-refractivity contribution in [3.8, 4) is 0 Å². The van der Waals surface area contributed by atoms with E-state index in [4.69, 9.17) is 9.47 Å². The van der Waals surface area contributed by atoms with Crippen LogP contribution in [0.5, 0.6) is 0 Å². The van der Waals surface area contributed by atoms with Crippen molar-refractivity contribution in [1.29, 1.82) is 0 Å². The highest BCUT2D eigenvalue weighted by Crippen LogP contribution is 2.03. The molecule has 1 rings (SSSR count). The van der Waals surface area contributed by atoms with Gasteiger partial charge in [-0.3, -0.25) is 4.79 Å². The summed E-state index contributed by atoms with van der Waals surface area (Å²) < 4.78 is 10.1. The number of alkyl carbamates (subject to hydrolysis) is 1. The van der Waals surface area contributed by atoms with Crippen molar-refractivity contribution in [2.75, 3.05) is 19.6 Å². The number of carbonyl (C=O) groups is 2. The van der Waals surface area contributed by atoms with Crippen molar-refractivity contribution >= 4 is 12.1 Å². The maximum absolute atomic E-state index is 11.8. The van der Waals surface area contributed by atoms with Crippen LogP contribution >= 0.6 is 0 Å². The standard InChI is InChI=1S/C19H30N2O4/c1-3-12-20-13-8-5-9-14-21-19(23)25-16(2)24-18(22)15-17-10-6-4-7-11-17/h4,6-7,10-11,16,20H,3,5,8-9,12-15H2,1-2H3,(H,21,23)/t16-/m1/s1. The Hall–Kier alpha value is -2.08. The first-order chi connectivity index (χ1) is 12.1. The molecule has 0 unspecified atom stereocenters. The number of hydrogen-bond donors (Lipinski definition) is 2. The van der Waals surface area contributed by atoms with Gasteiger partial charge in [-0.1, -0.05) is 43.7 Å². The van der Waals surface area contributed by atoms with Crippen molar-refractivity contribution in [3.05, 3.63) is 35.9 Å². The van der Waals surface area contributed by atoms with Gasteiger partial charge in [-0.15, -0.1) is 0 Å². The van der Waals surface area contributed by atoms with E-state index >= 15 is 0 Å². The van der Waals surface area contributed by atoms with Crippen molar-refractivity contribution < 1.29 is 19.1 Å². The number of hydrogen-bond acceptors (Lipinski definition) is 5. The zero-order valence-electron chi connectivity index (χ0n) is 15.3. The highest BCUT2D eigenvalue weighted by molar-refractivity contribution is 5.73. The SMILES string of the molecule is CCCNCCCCCNC(=O)O[C@H](C)OC(=O)Cc1ccccc1. The number of ether oxygens (including phenoxy) is 2. The summed E-state index contributed by atoms with van der Waals surface area (Å²) in [6.45, 7) is 6.28. The summed E-state index contributed by atoms with van der Waals surface area (Å²) in [5.41, 5.74) is 0.859. The molecule has 0 spiro atoms. The smallest absolute Gasteiger partial charge is 0.410 e. The van der Waals surface area contributed by atoms with Crippen molar-refractivity contribution in [1.82, 2.24) is 10.6 Å². The summed E-state index contributed by atoms with van der Waals surface area (Å²) in [7, 11) is 0. The van der Waals surface area contributed by atoms with E-state index in [1.54, 1.807) is 0 Å². The van der Waals surface area contributed by atoms with Crippen molar-refractivity contribution in [2.45, 2.75) is 52.2 Å². The van der Waals surface area contributed by atoms with Gasteiger partial charge in [0.25, 0.3) is 0 Å². The summed E-state index contributed by atoms with van der Waals surface area (Å²) >= 11 is 0. The van der Waals surface area contributed by atoms with Crippen LogP contribution < -0.4 is 10.6 Å². The Morgan fingerprint density at radius 1 is 1.00 bits per heavy atom. The molecule has 0 aliphatic heterocycles. The average Bonchev–Trinajstić information content (AvgIpc) is 2.57. The first kappa shape index (κ1) is 21.0. The predicted molar refractivity (Wildman–Crippen MR) is 97.2 cm³/mol. The van der Waals surface area contributed by atoms with E-state index in [1.165, 1.54) is 6.92 Å². The summed E-state index contributed by atoms with van der Waals surface area (Å²) in [5.74, 6) is -0.425. The Labute approximate surface area is 150 Å². The van der Waals surface area contributed by atoms with E-state index in [-0.39, 0.29) is 6.42 Å². The van der Waals surface area contributed by atoms with Crippen molar-refractivity contribution in [2.24, 2.45) is 0 Å². The van der Waals surface area contributed by atoms with Crippen LogP contribution in [-0.4, -0.2) is 38.0 Å². The molecule has 6 heteroatoms. The minimum absolute atomic E-state index is 0.155. The zero-order chi connectivity index (χ0) is 18.3. The third kappa shape index (κ3) is 11.2. The molecule has 6 nitrogen and oxygen atoms in total. The second kappa shape index (κ2) is 13.2. The molecular weight excluding hydrogens is 320 g/mol. The van der Waals surface area contributed by atoms with Crippen LogP contribution in [0.15, 0.2) is 30.3 Å². The molecule has 0 saturated heterocycles. The molecule has 0 heterocycles. The Kier molecular flexibility index (Phi) is 11.1. The lowest BCUT2D eigenvalue weighted by molar-refractivity contribution is -0.163. The van der Waals surface area contributed by atoms with Gasteiger partial charge >= 0.3 is 12.1 Å². The summed E-state index contributed by atoms with van der Waals surface area (Å²) in [6.07, 6.45) is 2.84. The van der Waals surface area contributed by atoms with Gasteiger partial charge < -0.3 is 20.1 Å². The highest BCUT2D eigenvalue weighted by atomic mass is 16.7. The van der Waals surface area contributed by atoms with Gasteiger partial charge in [0.2, 0.25) is 6.29 Å². The highest BCUT2D eigenvalue weighted by Gasteiger charge is 2.14. The molecule has 2 N–H and O–H groups in total. The molecule has 1 atom stereocenters. The minimum Gasteiger partial charge on any atom is -0.425 e. The number of benzene rings is 1. The number of unbranched alkanes of at least 4 members (excludes halogenated alkanes) is 2. The van der Waals surface area contributed by atoms with Crippen LogP contribution in [0.4, 0.5) is 4.79 Å². The largest absolute Gasteiger partial charge is 0.425 e. The van der Waals surface area contributed by atoms with Crippen LogP contribution in [-0.2, 0) is 20.7 Å². The number of nitrogens with one attached hydrogen (secondary N) is 2. The predicted octanol–water partition coefficient (Wildman–Crippen LogP) is 3.01. The average molecular weight is 350 g/mol. The normalized spacial score (nSPS) is 11.6. The van der Waals surface area contributed by atoms with Crippen LogP contribution in [0.25, 0.3) is 0 Å². The summed E-state index contributed by atoms with van der Waals surface area (Å²) in [6, 6.07) is 9.28. The third-order valence-electron chi connectivity index (χ3n) is 3.49. The van der Waals surface area contributed by atoms with E-state index in [0.717, 1.165) is 44.3 Å². The molecule has 0 bridgehead atoms. The van der Waals surface area contributed by atoms with E-state index in [2.05, 4.69) is 17.6 Å². The molecule has 0 aliphatic rings. The minimum atomic E-state index is -0.908. The van der Waals surface area contributed by atoms with Crippen LogP contribution in [0, 0.1) is 0 Å². The monoisotopic (exact) mass is 350 g/mol. The zero-order valence-corrected chi connectivity index (χ0v) is 15.3. The molecule has 0 saturated carbocycles. The van der Waals surface area contributed by atoms with Crippen LogP contribution in [0.2, 0.25) is 0 Å². The van der Waals surface area contributed by atoms with Gasteiger partial charge in [0.1, 0.15) is 0 Å². The Bertz CT molecular complexity index is 493. The fourth-order valence-corrected chi connectivity index (χ4v) is 2.25. The second-order valence-corrected chi connectivity index (χ2v) is 5.86. The van der Waals surface area contributed by atoms with Crippen LogP contribution in [0.1, 0.15) is 45.1 Å². The Morgan fingerprint density at radius 2 is 1.72 bits per heavy atom. The van der Waals surface area contributed by atoms with Gasteiger partial charge in [-0.05, 0) is 37.9 Å². The molecule has 0 aromatic heterocycles. The van der Waals surface area contributed by atoms with E-state index in [1.807, 2.05) is 30.3 Å². The van der Waals surface area contributed by atoms with Crippen LogP contribution in [0.3, 0.4) is 0 Å². The van der Waals surface area contributed by atoms with Gasteiger partial charge in [0.05, 0.1) is 6.42 Å². The lowest BCUT2D eigenvalue weighted by Crippen LogP contribution is -2.31. The quantitative estimate of drug-likeness (QED) is 0.344. The fourth-order valence-electron chi connectivity index (χ4n) is 2.25. The third-order valence-corrected chi connectivity index (χ3v) is 3.49. The first-order valence-corrected chi connectivity index (χ1v) is 9.00. The van der Waals surface area contributed by atoms with Gasteiger partial charge in [0, 0.05) is 13.5 Å². The van der Waals surface area contributed by atoms with E-state index in [9.17, 15) is 9.59 Å². The molecule has 25 heavy (non-hydrogen) atoms. The maximum atomic E-state index is 11.8. The topological polar surface area (TPSA) is 76.7 Å². The molecular formula is C19H30N2O4. The van der Waals surface area contributed by atoms with Gasteiger partial charge in [-0.2, -0.15) is 0 Å². The lowest BCUT2D eigenvalue weighted by Gasteiger charge is -2.14. The number of rotatable bonds is 12.